The van der Waals surface area contributed by atoms with Crippen LogP contribution in [-0.4, -0.2) is 14.2 Å². The third-order valence-electron chi connectivity index (χ3n) is 2.62. The molecule has 2 rings (SSSR count). The Morgan fingerprint density at radius 3 is 2.64 bits per heavy atom. The van der Waals surface area contributed by atoms with E-state index < -0.39 is 0 Å². The second-order valence-corrected chi connectivity index (χ2v) is 3.47. The van der Waals surface area contributed by atoms with Crippen LogP contribution in [0.25, 0.3) is 6.08 Å². The van der Waals surface area contributed by atoms with E-state index in [1.165, 1.54) is 11.1 Å². The van der Waals surface area contributed by atoms with Crippen LogP contribution in [0.1, 0.15) is 24.2 Å². The average molecular weight is 190 g/mol. The van der Waals surface area contributed by atoms with Crippen LogP contribution in [-0.2, 0) is 4.74 Å². The zero-order chi connectivity index (χ0) is 10.1. The van der Waals surface area contributed by atoms with Crippen molar-refractivity contribution < 1.29 is 9.47 Å². The summed E-state index contributed by atoms with van der Waals surface area (Å²) in [6.45, 7) is 2.08. The maximum Gasteiger partial charge on any atom is 0.126 e. The van der Waals surface area contributed by atoms with Crippen LogP contribution in [0.2, 0.25) is 0 Å². The van der Waals surface area contributed by atoms with Crippen LogP contribution < -0.4 is 4.74 Å². The Morgan fingerprint density at radius 2 is 2.00 bits per heavy atom. The summed E-state index contributed by atoms with van der Waals surface area (Å²) in [5.41, 5.74) is 3.58. The number of methoxy groups -OCH3 is 2. The van der Waals surface area contributed by atoms with Crippen molar-refractivity contribution in [1.29, 1.82) is 0 Å². The molecule has 1 aliphatic rings. The lowest BCUT2D eigenvalue weighted by Gasteiger charge is -2.12. The normalized spacial score (nSPS) is 19.1. The largest absolute Gasteiger partial charge is 0.496 e. The van der Waals surface area contributed by atoms with E-state index in [2.05, 4.69) is 19.1 Å². The Bertz CT molecular complexity index is 380. The maximum absolute atomic E-state index is 5.43. The van der Waals surface area contributed by atoms with Gasteiger partial charge in [-0.05, 0) is 30.2 Å². The van der Waals surface area contributed by atoms with Crippen LogP contribution in [0.5, 0.6) is 5.75 Å². The molecule has 1 aliphatic carbocycles. The molecule has 2 heteroatoms. The van der Waals surface area contributed by atoms with Crippen LogP contribution in [0.4, 0.5) is 0 Å². The molecule has 1 atom stereocenters. The molecule has 0 unspecified atom stereocenters. The maximum atomic E-state index is 5.43. The minimum Gasteiger partial charge on any atom is -0.496 e. The first-order chi connectivity index (χ1) is 6.77. The van der Waals surface area contributed by atoms with Crippen molar-refractivity contribution in [1.82, 2.24) is 0 Å². The van der Waals surface area contributed by atoms with Crippen molar-refractivity contribution in [3.05, 3.63) is 34.9 Å². The Balaban J connectivity index is 2.54. The fraction of sp³-hybridized carbons (Fsp3) is 0.333. The number of fused-ring (bicyclic) bond motifs is 1. The van der Waals surface area contributed by atoms with Gasteiger partial charge in [0.15, 0.2) is 0 Å². The minimum atomic E-state index is 0.0973. The quantitative estimate of drug-likeness (QED) is 0.714. The lowest BCUT2D eigenvalue weighted by Crippen LogP contribution is -1.99. The monoisotopic (exact) mass is 190 g/mol. The van der Waals surface area contributed by atoms with Gasteiger partial charge in [0.25, 0.3) is 0 Å². The zero-order valence-corrected chi connectivity index (χ0v) is 8.70. The fourth-order valence-corrected chi connectivity index (χ4v) is 1.98. The number of ether oxygens (including phenoxy) is 2. The molecule has 74 valence electrons. The van der Waals surface area contributed by atoms with Gasteiger partial charge in [-0.15, -0.1) is 0 Å². The van der Waals surface area contributed by atoms with Gasteiger partial charge in [-0.3, -0.25) is 0 Å². The number of benzene rings is 1. The van der Waals surface area contributed by atoms with E-state index in [0.29, 0.717) is 0 Å². The molecule has 0 N–H and O–H groups in total. The van der Waals surface area contributed by atoms with Crippen molar-refractivity contribution >= 4 is 6.08 Å². The van der Waals surface area contributed by atoms with Crippen molar-refractivity contribution in [3.8, 4) is 5.75 Å². The predicted molar refractivity (Wildman–Crippen MR) is 56.4 cm³/mol. The minimum absolute atomic E-state index is 0.0973. The molecule has 0 amide bonds. The highest BCUT2D eigenvalue weighted by molar-refractivity contribution is 5.70. The summed E-state index contributed by atoms with van der Waals surface area (Å²) in [7, 11) is 3.43. The van der Waals surface area contributed by atoms with Gasteiger partial charge in [-0.1, -0.05) is 12.1 Å². The van der Waals surface area contributed by atoms with Gasteiger partial charge in [0, 0.05) is 12.7 Å². The smallest absolute Gasteiger partial charge is 0.126 e. The first-order valence-electron chi connectivity index (χ1n) is 4.66. The van der Waals surface area contributed by atoms with Gasteiger partial charge in [-0.25, -0.2) is 0 Å². The predicted octanol–water partition coefficient (Wildman–Crippen LogP) is 2.80. The molecule has 0 aliphatic heterocycles. The van der Waals surface area contributed by atoms with E-state index in [1.807, 2.05) is 12.1 Å². The van der Waals surface area contributed by atoms with E-state index in [4.69, 9.17) is 9.47 Å². The molecule has 0 aromatic heterocycles. The molecule has 0 saturated heterocycles. The second-order valence-electron chi connectivity index (χ2n) is 3.47. The lowest BCUT2D eigenvalue weighted by molar-refractivity contribution is 0.136. The van der Waals surface area contributed by atoms with Gasteiger partial charge >= 0.3 is 0 Å². The van der Waals surface area contributed by atoms with E-state index in [1.54, 1.807) is 14.2 Å². The molecule has 0 heterocycles. The highest BCUT2D eigenvalue weighted by Gasteiger charge is 2.24. The van der Waals surface area contributed by atoms with E-state index >= 15 is 0 Å². The molecule has 0 spiro atoms. The summed E-state index contributed by atoms with van der Waals surface area (Å²) in [6.07, 6.45) is 2.22. The molecule has 0 bridgehead atoms. The number of rotatable bonds is 2. The van der Waals surface area contributed by atoms with Crippen molar-refractivity contribution in [2.24, 2.45) is 0 Å². The summed E-state index contributed by atoms with van der Waals surface area (Å²) in [6, 6.07) is 6.05. The van der Waals surface area contributed by atoms with Gasteiger partial charge in [0.2, 0.25) is 0 Å². The SMILES string of the molecule is COc1cccc2c1C=C(C)[C@@H]2OC. The average Bonchev–Trinajstić information content (AvgIpc) is 2.52. The Labute approximate surface area is 84.2 Å². The number of hydrogen-bond acceptors (Lipinski definition) is 2. The zero-order valence-electron chi connectivity index (χ0n) is 8.70. The first-order valence-corrected chi connectivity index (χ1v) is 4.66. The summed E-state index contributed by atoms with van der Waals surface area (Å²) in [5.74, 6) is 0.918. The Hall–Kier alpha value is -1.28. The first kappa shape index (κ1) is 9.28. The van der Waals surface area contributed by atoms with Crippen LogP contribution in [0.3, 0.4) is 0 Å². The third kappa shape index (κ3) is 1.23. The molecule has 1 aromatic carbocycles. The molecule has 14 heavy (non-hydrogen) atoms. The van der Waals surface area contributed by atoms with Crippen molar-refractivity contribution in [2.45, 2.75) is 13.0 Å². The Kier molecular flexibility index (Phi) is 2.30. The van der Waals surface area contributed by atoms with Crippen molar-refractivity contribution in [2.75, 3.05) is 14.2 Å². The van der Waals surface area contributed by atoms with Gasteiger partial charge < -0.3 is 9.47 Å². The highest BCUT2D eigenvalue weighted by Crippen LogP contribution is 2.40. The van der Waals surface area contributed by atoms with Crippen LogP contribution in [0, 0.1) is 0 Å². The second kappa shape index (κ2) is 3.46. The van der Waals surface area contributed by atoms with Gasteiger partial charge in [0.05, 0.1) is 7.11 Å². The van der Waals surface area contributed by atoms with Gasteiger partial charge in [0.1, 0.15) is 11.9 Å². The van der Waals surface area contributed by atoms with Crippen LogP contribution >= 0.6 is 0 Å². The summed E-state index contributed by atoms with van der Waals surface area (Å²) in [4.78, 5) is 0. The molecule has 0 fully saturated rings. The number of hydrogen-bond donors (Lipinski definition) is 0. The summed E-state index contributed by atoms with van der Waals surface area (Å²) >= 11 is 0. The Morgan fingerprint density at radius 1 is 1.21 bits per heavy atom. The van der Waals surface area contributed by atoms with E-state index in [9.17, 15) is 0 Å². The standard InChI is InChI=1S/C12H14O2/c1-8-7-10-9(12(8)14-3)5-4-6-11(10)13-2/h4-7,12H,1-3H3/t12-/m0/s1. The van der Waals surface area contributed by atoms with E-state index in [-0.39, 0.29) is 6.10 Å². The molecular formula is C12H14O2. The van der Waals surface area contributed by atoms with Gasteiger partial charge in [-0.2, -0.15) is 0 Å². The molecule has 2 nitrogen and oxygen atoms in total. The molecule has 0 saturated carbocycles. The highest BCUT2D eigenvalue weighted by atomic mass is 16.5. The van der Waals surface area contributed by atoms with Crippen molar-refractivity contribution in [3.63, 3.8) is 0 Å². The molecule has 1 aromatic rings. The summed E-state index contributed by atoms with van der Waals surface area (Å²) < 4.78 is 10.7. The fourth-order valence-electron chi connectivity index (χ4n) is 1.98. The lowest BCUT2D eigenvalue weighted by atomic mass is 10.1. The molecular weight excluding hydrogens is 176 g/mol. The third-order valence-corrected chi connectivity index (χ3v) is 2.62. The summed E-state index contributed by atoms with van der Waals surface area (Å²) in [5, 5.41) is 0. The van der Waals surface area contributed by atoms with E-state index in [0.717, 1.165) is 11.3 Å². The topological polar surface area (TPSA) is 18.5 Å². The van der Waals surface area contributed by atoms with Crippen LogP contribution in [0.15, 0.2) is 23.8 Å². The molecule has 0 radical (unpaired) electrons.